The zero-order chi connectivity index (χ0) is 10.7. The first kappa shape index (κ1) is 9.90. The van der Waals surface area contributed by atoms with E-state index in [1.807, 2.05) is 30.3 Å². The average molecular weight is 199 g/mol. The van der Waals surface area contributed by atoms with Gasteiger partial charge in [0.2, 0.25) is 0 Å². The van der Waals surface area contributed by atoms with Gasteiger partial charge in [0, 0.05) is 0 Å². The number of fused-ring (bicyclic) bond motifs is 1. The van der Waals surface area contributed by atoms with Crippen molar-refractivity contribution in [3.8, 4) is 0 Å². The molecule has 0 aromatic heterocycles. The maximum atomic E-state index is 8.93. The van der Waals surface area contributed by atoms with Gasteiger partial charge in [-0.3, -0.25) is 0 Å². The van der Waals surface area contributed by atoms with Gasteiger partial charge in [-0.15, -0.1) is 6.58 Å². The van der Waals surface area contributed by atoms with E-state index in [9.17, 15) is 0 Å². The minimum Gasteiger partial charge on any atom is -0.316 e. The molecule has 2 N–H and O–H groups in total. The van der Waals surface area contributed by atoms with Gasteiger partial charge in [-0.2, -0.15) is 5.48 Å². The third kappa shape index (κ3) is 1.91. The van der Waals surface area contributed by atoms with E-state index < -0.39 is 0 Å². The summed E-state index contributed by atoms with van der Waals surface area (Å²) in [6.45, 7) is 3.67. The predicted molar refractivity (Wildman–Crippen MR) is 61.8 cm³/mol. The summed E-state index contributed by atoms with van der Waals surface area (Å²) < 4.78 is 0. The first-order valence-electron chi connectivity index (χ1n) is 4.86. The molecule has 2 rings (SSSR count). The van der Waals surface area contributed by atoms with Crippen molar-refractivity contribution in [2.75, 3.05) is 0 Å². The molecule has 0 saturated carbocycles. The topological polar surface area (TPSA) is 32.3 Å². The van der Waals surface area contributed by atoms with E-state index in [1.165, 1.54) is 5.39 Å². The number of hydrogen-bond acceptors (Lipinski definition) is 2. The molecule has 0 aliphatic carbocycles. The molecule has 2 heteroatoms. The molecule has 0 aliphatic rings. The van der Waals surface area contributed by atoms with E-state index in [-0.39, 0.29) is 6.04 Å². The summed E-state index contributed by atoms with van der Waals surface area (Å²) in [6, 6.07) is 14.0. The minimum atomic E-state index is -0.213. The molecule has 0 bridgehead atoms. The van der Waals surface area contributed by atoms with Crippen molar-refractivity contribution in [1.29, 1.82) is 0 Å². The van der Waals surface area contributed by atoms with Crippen LogP contribution in [0.5, 0.6) is 0 Å². The van der Waals surface area contributed by atoms with Crippen molar-refractivity contribution in [2.45, 2.75) is 6.04 Å². The van der Waals surface area contributed by atoms with Gasteiger partial charge in [0.25, 0.3) is 0 Å². The number of hydroxylamine groups is 1. The van der Waals surface area contributed by atoms with Crippen molar-refractivity contribution in [3.63, 3.8) is 0 Å². The molecule has 76 valence electrons. The largest absolute Gasteiger partial charge is 0.316 e. The van der Waals surface area contributed by atoms with Gasteiger partial charge in [0.05, 0.1) is 6.04 Å². The van der Waals surface area contributed by atoms with Crippen LogP contribution in [-0.2, 0) is 0 Å². The van der Waals surface area contributed by atoms with Crippen LogP contribution >= 0.6 is 0 Å². The van der Waals surface area contributed by atoms with Crippen LogP contribution in [0, 0.1) is 0 Å². The number of rotatable bonds is 3. The zero-order valence-corrected chi connectivity index (χ0v) is 8.35. The van der Waals surface area contributed by atoms with E-state index in [1.54, 1.807) is 6.08 Å². The molecule has 15 heavy (non-hydrogen) atoms. The molecular weight excluding hydrogens is 186 g/mol. The van der Waals surface area contributed by atoms with Crippen molar-refractivity contribution < 1.29 is 5.21 Å². The second-order valence-corrected chi connectivity index (χ2v) is 3.45. The van der Waals surface area contributed by atoms with Gasteiger partial charge in [0.15, 0.2) is 0 Å². The Morgan fingerprint density at radius 1 is 1.13 bits per heavy atom. The van der Waals surface area contributed by atoms with E-state index in [0.717, 1.165) is 10.9 Å². The van der Waals surface area contributed by atoms with Gasteiger partial charge < -0.3 is 5.21 Å². The van der Waals surface area contributed by atoms with Crippen molar-refractivity contribution in [1.82, 2.24) is 5.48 Å². The lowest BCUT2D eigenvalue weighted by atomic mass is 10.0. The molecule has 0 radical (unpaired) electrons. The number of nitrogens with one attached hydrogen (secondary N) is 1. The Hall–Kier alpha value is -1.64. The summed E-state index contributed by atoms with van der Waals surface area (Å²) in [5.41, 5.74) is 3.22. The van der Waals surface area contributed by atoms with Crippen molar-refractivity contribution in [2.24, 2.45) is 0 Å². The smallest absolute Gasteiger partial charge is 0.0747 e. The van der Waals surface area contributed by atoms with Crippen molar-refractivity contribution >= 4 is 10.8 Å². The van der Waals surface area contributed by atoms with Gasteiger partial charge >= 0.3 is 0 Å². The Kier molecular flexibility index (Phi) is 2.81. The van der Waals surface area contributed by atoms with Crippen LogP contribution in [0.1, 0.15) is 11.6 Å². The molecule has 0 heterocycles. The van der Waals surface area contributed by atoms with Gasteiger partial charge in [-0.1, -0.05) is 42.5 Å². The quantitative estimate of drug-likeness (QED) is 0.588. The fraction of sp³-hybridized carbons (Fsp3) is 0.0769. The van der Waals surface area contributed by atoms with Crippen LogP contribution in [-0.4, -0.2) is 5.21 Å². The highest BCUT2D eigenvalue weighted by Crippen LogP contribution is 2.20. The second-order valence-electron chi connectivity index (χ2n) is 3.45. The SMILES string of the molecule is C=C[C@H](NO)c1ccc2ccccc2c1. The summed E-state index contributed by atoms with van der Waals surface area (Å²) in [6.07, 6.45) is 1.67. The zero-order valence-electron chi connectivity index (χ0n) is 8.35. The molecule has 0 saturated heterocycles. The third-order valence-electron chi connectivity index (χ3n) is 2.51. The summed E-state index contributed by atoms with van der Waals surface area (Å²) in [5, 5.41) is 11.3. The highest BCUT2D eigenvalue weighted by Gasteiger charge is 2.05. The van der Waals surface area contributed by atoms with Gasteiger partial charge in [-0.05, 0) is 22.4 Å². The molecule has 2 aromatic rings. The number of hydrogen-bond donors (Lipinski definition) is 2. The molecule has 0 spiro atoms. The van der Waals surface area contributed by atoms with Crippen molar-refractivity contribution in [3.05, 3.63) is 60.7 Å². The lowest BCUT2D eigenvalue weighted by Gasteiger charge is -2.11. The lowest BCUT2D eigenvalue weighted by Crippen LogP contribution is -2.14. The molecule has 1 atom stereocenters. The second kappa shape index (κ2) is 4.26. The highest BCUT2D eigenvalue weighted by atomic mass is 16.5. The van der Waals surface area contributed by atoms with E-state index in [4.69, 9.17) is 5.21 Å². The molecule has 0 amide bonds. The standard InChI is InChI=1S/C13H13NO/c1-2-13(14-15)12-8-7-10-5-3-4-6-11(10)9-12/h2-9,13-15H,1H2/t13-/m0/s1. The first-order chi connectivity index (χ1) is 7.35. The molecule has 2 aromatic carbocycles. The molecule has 2 nitrogen and oxygen atoms in total. The Morgan fingerprint density at radius 2 is 1.87 bits per heavy atom. The van der Waals surface area contributed by atoms with Crippen LogP contribution in [0.4, 0.5) is 0 Å². The maximum absolute atomic E-state index is 8.93. The highest BCUT2D eigenvalue weighted by molar-refractivity contribution is 5.83. The summed E-state index contributed by atoms with van der Waals surface area (Å²) >= 11 is 0. The Labute approximate surface area is 88.8 Å². The fourth-order valence-electron chi connectivity index (χ4n) is 1.66. The van der Waals surface area contributed by atoms with E-state index >= 15 is 0 Å². The summed E-state index contributed by atoms with van der Waals surface area (Å²) in [4.78, 5) is 0. The molecule has 0 unspecified atom stereocenters. The fourth-order valence-corrected chi connectivity index (χ4v) is 1.66. The predicted octanol–water partition coefficient (Wildman–Crippen LogP) is 3.05. The Morgan fingerprint density at radius 3 is 2.53 bits per heavy atom. The van der Waals surface area contributed by atoms with E-state index in [2.05, 4.69) is 24.2 Å². The van der Waals surface area contributed by atoms with Crippen LogP contribution in [0.25, 0.3) is 10.8 Å². The number of benzene rings is 2. The Bertz CT molecular complexity index is 479. The normalized spacial score (nSPS) is 12.6. The minimum absolute atomic E-state index is 0.213. The van der Waals surface area contributed by atoms with Gasteiger partial charge in [-0.25, -0.2) is 0 Å². The first-order valence-corrected chi connectivity index (χ1v) is 4.86. The third-order valence-corrected chi connectivity index (χ3v) is 2.51. The van der Waals surface area contributed by atoms with Crippen LogP contribution in [0.15, 0.2) is 55.1 Å². The monoisotopic (exact) mass is 199 g/mol. The molecule has 0 fully saturated rings. The molecular formula is C13H13NO. The Balaban J connectivity index is 2.50. The maximum Gasteiger partial charge on any atom is 0.0747 e. The average Bonchev–Trinajstić information content (AvgIpc) is 2.30. The van der Waals surface area contributed by atoms with E-state index in [0.29, 0.717) is 0 Å². The van der Waals surface area contributed by atoms with Crippen LogP contribution in [0.2, 0.25) is 0 Å². The van der Waals surface area contributed by atoms with Crippen LogP contribution < -0.4 is 5.48 Å². The summed E-state index contributed by atoms with van der Waals surface area (Å²) in [5.74, 6) is 0. The van der Waals surface area contributed by atoms with Gasteiger partial charge in [0.1, 0.15) is 0 Å². The van der Waals surface area contributed by atoms with Crippen LogP contribution in [0.3, 0.4) is 0 Å². The molecule has 0 aliphatic heterocycles. The summed E-state index contributed by atoms with van der Waals surface area (Å²) in [7, 11) is 0. The lowest BCUT2D eigenvalue weighted by molar-refractivity contribution is 0.144.